The van der Waals surface area contributed by atoms with Gasteiger partial charge in [-0.25, -0.2) is 0 Å². The average molecular weight is 382 g/mol. The van der Waals surface area contributed by atoms with Crippen LogP contribution in [0.4, 0.5) is 13.2 Å². The molecule has 1 aromatic heterocycles. The van der Waals surface area contributed by atoms with Gasteiger partial charge in [0, 0.05) is 0 Å². The average Bonchev–Trinajstić information content (AvgIpc) is 2.60. The normalized spacial score (nSPS) is 13.9. The van der Waals surface area contributed by atoms with Crippen molar-refractivity contribution in [2.45, 2.75) is 45.0 Å². The molecule has 2 atom stereocenters. The lowest BCUT2D eigenvalue weighted by Crippen LogP contribution is -2.35. The number of aliphatic hydroxyl groups excluding tert-OH is 1. The van der Waals surface area contributed by atoms with Crippen LogP contribution in [0, 0.1) is 6.92 Å². The molecule has 1 amide bonds. The van der Waals surface area contributed by atoms with Crippen LogP contribution in [0.15, 0.2) is 41.2 Å². The number of aromatic amines is 1. The highest BCUT2D eigenvalue weighted by Gasteiger charge is 2.32. The summed E-state index contributed by atoms with van der Waals surface area (Å²) in [5, 5.41) is 12.6. The van der Waals surface area contributed by atoms with Crippen molar-refractivity contribution >= 4 is 5.91 Å². The summed E-state index contributed by atoms with van der Waals surface area (Å²) in [5.74, 6) is -0.807. The number of hydrogen-bond acceptors (Lipinski definition) is 3. The van der Waals surface area contributed by atoms with E-state index in [-0.39, 0.29) is 6.42 Å². The van der Waals surface area contributed by atoms with Crippen LogP contribution in [-0.2, 0) is 6.18 Å². The largest absolute Gasteiger partial charge is 0.431 e. The number of pyridine rings is 1. The SMILES string of the molecule is CC[C@H](O)C[C@@H](NC(=O)c1ccc(C(F)(F)F)[nH]c1=O)c1ccc(C)cc1. The summed E-state index contributed by atoms with van der Waals surface area (Å²) in [6.07, 6.45) is -4.70. The molecule has 5 nitrogen and oxygen atoms in total. The third-order valence-corrected chi connectivity index (χ3v) is 4.22. The highest BCUT2D eigenvalue weighted by molar-refractivity contribution is 5.94. The Morgan fingerprint density at radius 2 is 1.81 bits per heavy atom. The maximum absolute atomic E-state index is 12.6. The van der Waals surface area contributed by atoms with Gasteiger partial charge in [-0.05, 0) is 37.5 Å². The van der Waals surface area contributed by atoms with Gasteiger partial charge in [0.05, 0.1) is 12.1 Å². The van der Waals surface area contributed by atoms with Gasteiger partial charge in [0.1, 0.15) is 11.3 Å². The van der Waals surface area contributed by atoms with Gasteiger partial charge in [-0.1, -0.05) is 36.8 Å². The molecule has 0 unspecified atom stereocenters. The van der Waals surface area contributed by atoms with Crippen LogP contribution >= 0.6 is 0 Å². The molecule has 0 fully saturated rings. The van der Waals surface area contributed by atoms with E-state index in [1.807, 2.05) is 19.1 Å². The molecule has 8 heteroatoms. The van der Waals surface area contributed by atoms with Gasteiger partial charge in [-0.2, -0.15) is 13.2 Å². The molecule has 0 saturated heterocycles. The van der Waals surface area contributed by atoms with Gasteiger partial charge in [0.15, 0.2) is 0 Å². The number of aromatic nitrogens is 1. The van der Waals surface area contributed by atoms with Crippen molar-refractivity contribution < 1.29 is 23.1 Å². The molecule has 0 aliphatic heterocycles. The number of carbonyl (C=O) groups is 1. The van der Waals surface area contributed by atoms with Crippen LogP contribution in [0.3, 0.4) is 0 Å². The van der Waals surface area contributed by atoms with Crippen LogP contribution in [0.1, 0.15) is 53.0 Å². The van der Waals surface area contributed by atoms with Gasteiger partial charge in [-0.3, -0.25) is 9.59 Å². The van der Waals surface area contributed by atoms with E-state index in [1.54, 1.807) is 24.0 Å². The van der Waals surface area contributed by atoms with E-state index in [9.17, 15) is 27.9 Å². The molecule has 0 bridgehead atoms. The highest BCUT2D eigenvalue weighted by Crippen LogP contribution is 2.26. The lowest BCUT2D eigenvalue weighted by atomic mass is 9.98. The molecule has 0 aliphatic carbocycles. The number of rotatable bonds is 6. The number of amides is 1. The fourth-order valence-electron chi connectivity index (χ4n) is 2.57. The van der Waals surface area contributed by atoms with Gasteiger partial charge in [0.2, 0.25) is 0 Å². The fourth-order valence-corrected chi connectivity index (χ4v) is 2.57. The Balaban J connectivity index is 2.27. The number of hydrogen-bond donors (Lipinski definition) is 3. The molecule has 0 saturated carbocycles. The Kier molecular flexibility index (Phi) is 6.43. The molecule has 1 aromatic carbocycles. The Morgan fingerprint density at radius 1 is 1.19 bits per heavy atom. The third-order valence-electron chi connectivity index (χ3n) is 4.22. The Bertz CT molecular complexity index is 845. The highest BCUT2D eigenvalue weighted by atomic mass is 19.4. The Morgan fingerprint density at radius 3 is 2.33 bits per heavy atom. The predicted octanol–water partition coefficient (Wildman–Crippen LogP) is 3.33. The first-order valence-electron chi connectivity index (χ1n) is 8.47. The van der Waals surface area contributed by atoms with Crippen molar-refractivity contribution in [3.05, 3.63) is 69.1 Å². The van der Waals surface area contributed by atoms with E-state index in [1.165, 1.54) is 0 Å². The molecule has 1 heterocycles. The molecule has 0 radical (unpaired) electrons. The molecule has 0 spiro atoms. The standard InChI is InChI=1S/C19H21F3N2O3/c1-3-13(25)10-15(12-6-4-11(2)5-7-12)23-17(26)14-8-9-16(19(20,21)22)24-18(14)27/h4-9,13,15,25H,3,10H2,1-2H3,(H,23,26)(H,24,27)/t13-,15+/m0/s1. The van der Waals surface area contributed by atoms with Crippen molar-refractivity contribution in [3.8, 4) is 0 Å². The summed E-state index contributed by atoms with van der Waals surface area (Å²) in [5.41, 5.74) is -1.03. The quantitative estimate of drug-likeness (QED) is 0.717. The van der Waals surface area contributed by atoms with Crippen LogP contribution in [0.25, 0.3) is 0 Å². The summed E-state index contributed by atoms with van der Waals surface area (Å²) in [7, 11) is 0. The van der Waals surface area contributed by atoms with E-state index < -0.39 is 41.0 Å². The van der Waals surface area contributed by atoms with E-state index >= 15 is 0 Å². The first-order chi connectivity index (χ1) is 12.6. The predicted molar refractivity (Wildman–Crippen MR) is 94.4 cm³/mol. The maximum atomic E-state index is 12.6. The van der Waals surface area contributed by atoms with Crippen molar-refractivity contribution in [1.29, 1.82) is 0 Å². The molecular formula is C19H21F3N2O3. The number of H-pyrrole nitrogens is 1. The lowest BCUT2D eigenvalue weighted by molar-refractivity contribution is -0.141. The van der Waals surface area contributed by atoms with Crippen LogP contribution in [0.2, 0.25) is 0 Å². The smallest absolute Gasteiger partial charge is 0.393 e. The first kappa shape index (κ1) is 20.7. The van der Waals surface area contributed by atoms with E-state index in [4.69, 9.17) is 0 Å². The second kappa shape index (κ2) is 8.39. The van der Waals surface area contributed by atoms with Gasteiger partial charge < -0.3 is 15.4 Å². The molecule has 0 aliphatic rings. The van der Waals surface area contributed by atoms with Gasteiger partial charge >= 0.3 is 6.18 Å². The van der Waals surface area contributed by atoms with Crippen LogP contribution in [-0.4, -0.2) is 22.1 Å². The molecule has 2 rings (SSSR count). The van der Waals surface area contributed by atoms with E-state index in [0.717, 1.165) is 17.2 Å². The van der Waals surface area contributed by atoms with E-state index in [2.05, 4.69) is 5.32 Å². The van der Waals surface area contributed by atoms with Crippen molar-refractivity contribution in [3.63, 3.8) is 0 Å². The topological polar surface area (TPSA) is 82.2 Å². The molecule has 146 valence electrons. The lowest BCUT2D eigenvalue weighted by Gasteiger charge is -2.22. The summed E-state index contributed by atoms with van der Waals surface area (Å²) in [4.78, 5) is 26.0. The Hall–Kier alpha value is -2.61. The molecule has 2 aromatic rings. The van der Waals surface area contributed by atoms with Crippen molar-refractivity contribution in [2.75, 3.05) is 0 Å². The monoisotopic (exact) mass is 382 g/mol. The second-order valence-electron chi connectivity index (χ2n) is 6.35. The Labute approximate surface area is 154 Å². The number of benzene rings is 1. The molecule has 3 N–H and O–H groups in total. The zero-order chi connectivity index (χ0) is 20.2. The number of aliphatic hydroxyl groups is 1. The second-order valence-corrected chi connectivity index (χ2v) is 6.35. The summed E-state index contributed by atoms with van der Waals surface area (Å²) in [6.45, 7) is 3.69. The molecular weight excluding hydrogens is 361 g/mol. The maximum Gasteiger partial charge on any atom is 0.431 e. The third kappa shape index (κ3) is 5.43. The van der Waals surface area contributed by atoms with Crippen LogP contribution < -0.4 is 10.9 Å². The first-order valence-corrected chi connectivity index (χ1v) is 8.47. The zero-order valence-corrected chi connectivity index (χ0v) is 14.9. The number of alkyl halides is 3. The number of carbonyl (C=O) groups excluding carboxylic acids is 1. The summed E-state index contributed by atoms with van der Waals surface area (Å²) < 4.78 is 37.9. The minimum atomic E-state index is -4.70. The summed E-state index contributed by atoms with van der Waals surface area (Å²) in [6, 6.07) is 8.18. The van der Waals surface area contributed by atoms with Gasteiger partial charge in [-0.15, -0.1) is 0 Å². The van der Waals surface area contributed by atoms with Gasteiger partial charge in [0.25, 0.3) is 11.5 Å². The minimum absolute atomic E-state index is 0.212. The number of aryl methyl sites for hydroxylation is 1. The van der Waals surface area contributed by atoms with E-state index in [0.29, 0.717) is 12.5 Å². The number of nitrogens with one attached hydrogen (secondary N) is 2. The number of halogens is 3. The zero-order valence-electron chi connectivity index (χ0n) is 14.9. The van der Waals surface area contributed by atoms with Crippen molar-refractivity contribution in [2.24, 2.45) is 0 Å². The fraction of sp³-hybridized carbons (Fsp3) is 0.368. The van der Waals surface area contributed by atoms with Crippen molar-refractivity contribution in [1.82, 2.24) is 10.3 Å². The summed E-state index contributed by atoms with van der Waals surface area (Å²) >= 11 is 0. The minimum Gasteiger partial charge on any atom is -0.393 e. The van der Waals surface area contributed by atoms with Crippen LogP contribution in [0.5, 0.6) is 0 Å². The molecule has 27 heavy (non-hydrogen) atoms.